The van der Waals surface area contributed by atoms with Crippen LogP contribution in [0.4, 0.5) is 10.5 Å². The van der Waals surface area contributed by atoms with E-state index in [1.54, 1.807) is 0 Å². The molecular formula is C22H17NO4. The Morgan fingerprint density at radius 1 is 1.00 bits per heavy atom. The monoisotopic (exact) mass is 359 g/mol. The first-order valence-electron chi connectivity index (χ1n) is 8.57. The van der Waals surface area contributed by atoms with Crippen LogP contribution in [0.15, 0.2) is 66.7 Å². The van der Waals surface area contributed by atoms with Gasteiger partial charge in [0.25, 0.3) is 0 Å². The second-order valence-corrected chi connectivity index (χ2v) is 6.34. The minimum absolute atomic E-state index is 0.0332. The Bertz CT molecular complexity index is 983. The smallest absolute Gasteiger partial charge is 0.411 e. The van der Waals surface area contributed by atoms with Gasteiger partial charge in [-0.3, -0.25) is 10.1 Å². The molecule has 1 aliphatic rings. The minimum atomic E-state index is -0.661. The molecule has 1 amide bonds. The number of aromatic hydroxyl groups is 1. The lowest BCUT2D eigenvalue weighted by atomic mass is 9.98. The molecule has 2 N–H and O–H groups in total. The maximum absolute atomic E-state index is 12.2. The van der Waals surface area contributed by atoms with Crippen LogP contribution in [-0.2, 0) is 4.74 Å². The molecule has 0 saturated heterocycles. The van der Waals surface area contributed by atoms with Gasteiger partial charge in [-0.05, 0) is 40.5 Å². The lowest BCUT2D eigenvalue weighted by Gasteiger charge is -2.15. The van der Waals surface area contributed by atoms with Crippen molar-refractivity contribution in [2.24, 2.45) is 0 Å². The van der Waals surface area contributed by atoms with Crippen LogP contribution < -0.4 is 5.32 Å². The molecule has 0 bridgehead atoms. The van der Waals surface area contributed by atoms with Crippen molar-refractivity contribution in [1.29, 1.82) is 0 Å². The molecular weight excluding hydrogens is 342 g/mol. The van der Waals surface area contributed by atoms with Gasteiger partial charge in [-0.25, -0.2) is 4.79 Å². The van der Waals surface area contributed by atoms with E-state index in [0.29, 0.717) is 11.8 Å². The van der Waals surface area contributed by atoms with Crippen LogP contribution in [0.25, 0.3) is 11.1 Å². The summed E-state index contributed by atoms with van der Waals surface area (Å²) in [4.78, 5) is 22.9. The number of hydrogen-bond donors (Lipinski definition) is 2. The Labute approximate surface area is 156 Å². The third-order valence-corrected chi connectivity index (χ3v) is 4.74. The fourth-order valence-electron chi connectivity index (χ4n) is 3.47. The highest BCUT2D eigenvalue weighted by molar-refractivity contribution is 5.88. The van der Waals surface area contributed by atoms with Crippen molar-refractivity contribution in [2.45, 2.75) is 5.92 Å². The number of ether oxygens (including phenoxy) is 1. The topological polar surface area (TPSA) is 75.6 Å². The number of phenols is 1. The van der Waals surface area contributed by atoms with Crippen molar-refractivity contribution in [3.8, 4) is 16.9 Å². The molecule has 0 aliphatic heterocycles. The predicted octanol–water partition coefficient (Wildman–Crippen LogP) is 4.57. The molecule has 0 spiro atoms. The van der Waals surface area contributed by atoms with Crippen molar-refractivity contribution in [1.82, 2.24) is 0 Å². The van der Waals surface area contributed by atoms with Crippen LogP contribution in [0.3, 0.4) is 0 Å². The number of nitrogens with one attached hydrogen (secondary N) is 1. The molecule has 0 heterocycles. The van der Waals surface area contributed by atoms with Crippen LogP contribution in [0.1, 0.15) is 27.4 Å². The van der Waals surface area contributed by atoms with Crippen LogP contribution in [0.2, 0.25) is 0 Å². The molecule has 0 aromatic heterocycles. The van der Waals surface area contributed by atoms with Gasteiger partial charge in [0.1, 0.15) is 18.6 Å². The summed E-state index contributed by atoms with van der Waals surface area (Å²) in [5.41, 5.74) is 5.09. The van der Waals surface area contributed by atoms with Crippen LogP contribution in [0, 0.1) is 0 Å². The lowest BCUT2D eigenvalue weighted by molar-refractivity contribution is 0.112. The Balaban J connectivity index is 1.49. The summed E-state index contributed by atoms with van der Waals surface area (Å²) in [5, 5.41) is 12.4. The molecule has 1 aliphatic carbocycles. The second-order valence-electron chi connectivity index (χ2n) is 6.34. The summed E-state index contributed by atoms with van der Waals surface area (Å²) in [6.45, 7) is 0.188. The maximum atomic E-state index is 12.2. The SMILES string of the molecule is O=Cc1ccc(NC(=O)OCC2c3ccccc3-c3ccccc32)c(O)c1. The highest BCUT2D eigenvalue weighted by atomic mass is 16.5. The maximum Gasteiger partial charge on any atom is 0.411 e. The number of rotatable bonds is 4. The van der Waals surface area contributed by atoms with E-state index in [2.05, 4.69) is 17.4 Å². The number of fused-ring (bicyclic) bond motifs is 3. The highest BCUT2D eigenvalue weighted by Crippen LogP contribution is 2.44. The summed E-state index contributed by atoms with van der Waals surface area (Å²) >= 11 is 0. The normalized spacial score (nSPS) is 12.1. The summed E-state index contributed by atoms with van der Waals surface area (Å²) in [6.07, 6.45) is -0.0393. The van der Waals surface area contributed by atoms with E-state index >= 15 is 0 Å². The van der Waals surface area contributed by atoms with E-state index < -0.39 is 6.09 Å². The number of carbonyl (C=O) groups is 2. The van der Waals surface area contributed by atoms with Gasteiger partial charge < -0.3 is 9.84 Å². The molecule has 3 aromatic rings. The average molecular weight is 359 g/mol. The standard InChI is InChI=1S/C22H17NO4/c24-12-14-9-10-20(21(25)11-14)23-22(26)27-13-19-17-7-3-1-5-15(17)16-6-2-4-8-18(16)19/h1-12,19,25H,13H2,(H,23,26). The van der Waals surface area contributed by atoms with Crippen molar-refractivity contribution >= 4 is 18.1 Å². The molecule has 0 radical (unpaired) electrons. The molecule has 0 fully saturated rings. The number of anilines is 1. The fourth-order valence-corrected chi connectivity index (χ4v) is 3.47. The summed E-state index contributed by atoms with van der Waals surface area (Å²) in [7, 11) is 0. The molecule has 0 saturated carbocycles. The molecule has 3 aromatic carbocycles. The summed E-state index contributed by atoms with van der Waals surface area (Å²) < 4.78 is 5.42. The number of amides is 1. The van der Waals surface area contributed by atoms with Crippen LogP contribution in [-0.4, -0.2) is 24.1 Å². The van der Waals surface area contributed by atoms with Gasteiger partial charge in [-0.2, -0.15) is 0 Å². The zero-order chi connectivity index (χ0) is 18.8. The number of carbonyl (C=O) groups excluding carboxylic acids is 2. The van der Waals surface area contributed by atoms with Crippen LogP contribution >= 0.6 is 0 Å². The van der Waals surface area contributed by atoms with Gasteiger partial charge in [-0.15, -0.1) is 0 Å². The highest BCUT2D eigenvalue weighted by Gasteiger charge is 2.29. The molecule has 5 nitrogen and oxygen atoms in total. The van der Waals surface area contributed by atoms with E-state index in [4.69, 9.17) is 4.74 Å². The molecule has 27 heavy (non-hydrogen) atoms. The largest absolute Gasteiger partial charge is 0.506 e. The van der Waals surface area contributed by atoms with E-state index in [1.807, 2.05) is 36.4 Å². The first kappa shape index (κ1) is 16.8. The fraction of sp³-hybridized carbons (Fsp3) is 0.0909. The van der Waals surface area contributed by atoms with E-state index in [9.17, 15) is 14.7 Å². The Morgan fingerprint density at radius 2 is 1.63 bits per heavy atom. The quantitative estimate of drug-likeness (QED) is 0.529. The van der Waals surface area contributed by atoms with Crippen molar-refractivity contribution in [3.63, 3.8) is 0 Å². The number of benzene rings is 3. The Kier molecular flexibility index (Phi) is 4.34. The molecule has 4 rings (SSSR count). The van der Waals surface area contributed by atoms with Gasteiger partial charge in [0.2, 0.25) is 0 Å². The van der Waals surface area contributed by atoms with Gasteiger partial charge in [0, 0.05) is 11.5 Å². The van der Waals surface area contributed by atoms with Crippen LogP contribution in [0.5, 0.6) is 5.75 Å². The predicted molar refractivity (Wildman–Crippen MR) is 102 cm³/mol. The molecule has 5 heteroatoms. The van der Waals surface area contributed by atoms with Crippen molar-refractivity contribution < 1.29 is 19.4 Å². The number of aldehydes is 1. The van der Waals surface area contributed by atoms with Crippen molar-refractivity contribution in [3.05, 3.63) is 83.4 Å². The van der Waals surface area contributed by atoms with E-state index in [-0.39, 0.29) is 24.0 Å². The molecule has 0 atom stereocenters. The number of hydrogen-bond acceptors (Lipinski definition) is 4. The van der Waals surface area contributed by atoms with Gasteiger partial charge >= 0.3 is 6.09 Å². The molecule has 134 valence electrons. The van der Waals surface area contributed by atoms with Gasteiger partial charge in [0.15, 0.2) is 0 Å². The van der Waals surface area contributed by atoms with Crippen molar-refractivity contribution in [2.75, 3.05) is 11.9 Å². The minimum Gasteiger partial charge on any atom is -0.506 e. The van der Waals surface area contributed by atoms with E-state index in [1.165, 1.54) is 18.2 Å². The van der Waals surface area contributed by atoms with Gasteiger partial charge in [0.05, 0.1) is 5.69 Å². The van der Waals surface area contributed by atoms with Gasteiger partial charge in [-0.1, -0.05) is 48.5 Å². The third-order valence-electron chi connectivity index (χ3n) is 4.74. The first-order chi connectivity index (χ1) is 13.2. The zero-order valence-corrected chi connectivity index (χ0v) is 14.4. The second kappa shape index (κ2) is 6.96. The number of phenolic OH excluding ortho intramolecular Hbond substituents is 1. The lowest BCUT2D eigenvalue weighted by Crippen LogP contribution is -2.18. The average Bonchev–Trinajstić information content (AvgIpc) is 3.02. The Hall–Kier alpha value is -3.60. The van der Waals surface area contributed by atoms with E-state index in [0.717, 1.165) is 22.3 Å². The first-order valence-corrected chi connectivity index (χ1v) is 8.57. The summed E-state index contributed by atoms with van der Waals surface area (Å²) in [6, 6.07) is 20.4. The Morgan fingerprint density at radius 3 is 2.22 bits per heavy atom. The zero-order valence-electron chi connectivity index (χ0n) is 14.4. The third kappa shape index (κ3) is 3.15. The summed E-state index contributed by atoms with van der Waals surface area (Å²) in [5.74, 6) is -0.220. The molecule has 0 unspecified atom stereocenters.